The molecule has 0 amide bonds. The molecule has 0 bridgehead atoms. The van der Waals surface area contributed by atoms with Crippen molar-refractivity contribution in [3.8, 4) is 0 Å². The van der Waals surface area contributed by atoms with E-state index in [1.54, 1.807) is 19.1 Å². The normalized spacial score (nSPS) is 12.9. The lowest BCUT2D eigenvalue weighted by molar-refractivity contribution is 0.600. The van der Waals surface area contributed by atoms with Crippen molar-refractivity contribution < 1.29 is 12.8 Å². The maximum absolute atomic E-state index is 12.7. The summed E-state index contributed by atoms with van der Waals surface area (Å²) in [5.74, 6) is -0.482. The lowest BCUT2D eigenvalue weighted by Gasteiger charge is -2.10. The summed E-state index contributed by atoms with van der Waals surface area (Å²) in [4.78, 5) is 3.74. The molecule has 0 aliphatic carbocycles. The lowest BCUT2D eigenvalue weighted by atomic mass is 10.1. The smallest absolute Gasteiger partial charge is 0.263 e. The van der Waals surface area contributed by atoms with Crippen molar-refractivity contribution in [2.45, 2.75) is 17.9 Å². The van der Waals surface area contributed by atoms with Crippen LogP contribution in [-0.2, 0) is 10.0 Å². The number of benzene rings is 1. The number of nitrogens with one attached hydrogen (secondary N) is 1. The quantitative estimate of drug-likeness (QED) is 0.904. The monoisotopic (exact) mass is 295 g/mol. The van der Waals surface area contributed by atoms with E-state index in [1.807, 2.05) is 0 Å². The van der Waals surface area contributed by atoms with Crippen molar-refractivity contribution in [3.05, 3.63) is 54.0 Å². The van der Waals surface area contributed by atoms with E-state index in [9.17, 15) is 12.8 Å². The molecule has 0 aliphatic heterocycles. The van der Waals surface area contributed by atoms with Gasteiger partial charge in [-0.3, -0.25) is 4.72 Å². The van der Waals surface area contributed by atoms with E-state index < -0.39 is 15.8 Å². The van der Waals surface area contributed by atoms with E-state index in [4.69, 9.17) is 5.73 Å². The van der Waals surface area contributed by atoms with Gasteiger partial charge >= 0.3 is 0 Å². The molecule has 2 rings (SSSR count). The molecule has 1 aromatic carbocycles. The van der Waals surface area contributed by atoms with Crippen LogP contribution in [0.25, 0.3) is 0 Å². The first kappa shape index (κ1) is 14.4. The summed E-state index contributed by atoms with van der Waals surface area (Å²) in [6, 6.07) is 8.43. The van der Waals surface area contributed by atoms with Crippen molar-refractivity contribution in [2.24, 2.45) is 5.73 Å². The highest BCUT2D eigenvalue weighted by molar-refractivity contribution is 7.92. The van der Waals surface area contributed by atoms with Crippen LogP contribution < -0.4 is 10.5 Å². The summed E-state index contributed by atoms with van der Waals surface area (Å²) in [6.45, 7) is 1.76. The first-order valence-corrected chi connectivity index (χ1v) is 7.37. The molecule has 7 heteroatoms. The Morgan fingerprint density at radius 3 is 2.65 bits per heavy atom. The van der Waals surface area contributed by atoms with Crippen LogP contribution in [0.3, 0.4) is 0 Å². The number of halogens is 1. The van der Waals surface area contributed by atoms with Crippen LogP contribution in [0.4, 0.5) is 10.2 Å². The summed E-state index contributed by atoms with van der Waals surface area (Å²) in [6.07, 6.45) is 0.941. The van der Waals surface area contributed by atoms with Gasteiger partial charge in [-0.15, -0.1) is 0 Å². The molecule has 0 radical (unpaired) electrons. The van der Waals surface area contributed by atoms with Crippen LogP contribution in [0.15, 0.2) is 47.5 Å². The number of anilines is 1. The first-order chi connectivity index (χ1) is 9.38. The molecule has 0 saturated carbocycles. The standard InChI is InChI=1S/C13H14FN3O2S/c1-9(15)10-3-2-4-12(7-10)20(18,19)17-13-6-5-11(14)8-16-13/h2-9H,15H2,1H3,(H,16,17). The highest BCUT2D eigenvalue weighted by Gasteiger charge is 2.16. The zero-order valence-electron chi connectivity index (χ0n) is 10.7. The SMILES string of the molecule is CC(N)c1cccc(S(=O)(=O)Nc2ccc(F)cn2)c1. The summed E-state index contributed by atoms with van der Waals surface area (Å²) in [7, 11) is -3.77. The zero-order chi connectivity index (χ0) is 14.8. The van der Waals surface area contributed by atoms with E-state index >= 15 is 0 Å². The summed E-state index contributed by atoms with van der Waals surface area (Å²) in [5.41, 5.74) is 6.43. The predicted octanol–water partition coefficient (Wildman–Crippen LogP) is 2.04. The van der Waals surface area contributed by atoms with Gasteiger partial charge in [0.2, 0.25) is 0 Å². The molecule has 0 aliphatic rings. The number of sulfonamides is 1. The van der Waals surface area contributed by atoms with Gasteiger partial charge in [-0.1, -0.05) is 12.1 Å². The Kier molecular flexibility index (Phi) is 4.01. The fourth-order valence-electron chi connectivity index (χ4n) is 1.60. The largest absolute Gasteiger partial charge is 0.324 e. The minimum Gasteiger partial charge on any atom is -0.324 e. The molecule has 1 unspecified atom stereocenters. The Morgan fingerprint density at radius 1 is 1.30 bits per heavy atom. The number of pyridine rings is 1. The number of nitrogens with zero attached hydrogens (tertiary/aromatic N) is 1. The van der Waals surface area contributed by atoms with Crippen molar-refractivity contribution in [1.29, 1.82) is 0 Å². The highest BCUT2D eigenvalue weighted by Crippen LogP contribution is 2.18. The molecular formula is C13H14FN3O2S. The molecule has 1 heterocycles. The lowest BCUT2D eigenvalue weighted by Crippen LogP contribution is -2.15. The highest BCUT2D eigenvalue weighted by atomic mass is 32.2. The van der Waals surface area contributed by atoms with Gasteiger partial charge in [0.1, 0.15) is 11.6 Å². The van der Waals surface area contributed by atoms with Crippen LogP contribution in [0.5, 0.6) is 0 Å². The molecule has 0 fully saturated rings. The summed E-state index contributed by atoms with van der Waals surface area (Å²) < 4.78 is 39.4. The Labute approximate surface area is 116 Å². The van der Waals surface area contributed by atoms with Crippen molar-refractivity contribution in [1.82, 2.24) is 4.98 Å². The maximum atomic E-state index is 12.7. The number of hydrogen-bond donors (Lipinski definition) is 2. The molecule has 5 nitrogen and oxygen atoms in total. The summed E-state index contributed by atoms with van der Waals surface area (Å²) in [5, 5.41) is 0. The van der Waals surface area contributed by atoms with Gasteiger partial charge in [-0.05, 0) is 36.8 Å². The van der Waals surface area contributed by atoms with Gasteiger partial charge in [0.05, 0.1) is 11.1 Å². The van der Waals surface area contributed by atoms with Crippen LogP contribution in [0, 0.1) is 5.82 Å². The second-order valence-corrected chi connectivity index (χ2v) is 6.01. The van der Waals surface area contributed by atoms with Gasteiger partial charge in [-0.25, -0.2) is 17.8 Å². The molecular weight excluding hydrogens is 281 g/mol. The van der Waals surface area contributed by atoms with Gasteiger partial charge in [-0.2, -0.15) is 0 Å². The van der Waals surface area contributed by atoms with Crippen molar-refractivity contribution in [2.75, 3.05) is 4.72 Å². The Balaban J connectivity index is 2.30. The first-order valence-electron chi connectivity index (χ1n) is 5.88. The molecule has 2 aromatic rings. The Bertz CT molecular complexity index is 700. The maximum Gasteiger partial charge on any atom is 0.263 e. The fourth-order valence-corrected chi connectivity index (χ4v) is 2.66. The predicted molar refractivity (Wildman–Crippen MR) is 74.0 cm³/mol. The van der Waals surface area contributed by atoms with E-state index in [1.165, 1.54) is 18.2 Å². The minimum atomic E-state index is -3.77. The van der Waals surface area contributed by atoms with E-state index in [-0.39, 0.29) is 16.8 Å². The average molecular weight is 295 g/mol. The van der Waals surface area contributed by atoms with Crippen molar-refractivity contribution in [3.63, 3.8) is 0 Å². The molecule has 1 aromatic heterocycles. The average Bonchev–Trinajstić information content (AvgIpc) is 2.41. The second kappa shape index (κ2) is 5.56. The van der Waals surface area contributed by atoms with Crippen LogP contribution in [0.2, 0.25) is 0 Å². The van der Waals surface area contributed by atoms with Crippen molar-refractivity contribution >= 4 is 15.8 Å². The van der Waals surface area contributed by atoms with Gasteiger partial charge in [0.25, 0.3) is 10.0 Å². The fraction of sp³-hybridized carbons (Fsp3) is 0.154. The number of rotatable bonds is 4. The third-order valence-corrected chi connectivity index (χ3v) is 4.01. The van der Waals surface area contributed by atoms with E-state index in [2.05, 4.69) is 9.71 Å². The molecule has 1 atom stereocenters. The second-order valence-electron chi connectivity index (χ2n) is 4.33. The van der Waals surface area contributed by atoms with Gasteiger partial charge in [0, 0.05) is 6.04 Å². The number of aromatic nitrogens is 1. The molecule has 106 valence electrons. The third kappa shape index (κ3) is 3.31. The topological polar surface area (TPSA) is 85.1 Å². The van der Waals surface area contributed by atoms with Gasteiger partial charge in [0.15, 0.2) is 0 Å². The number of nitrogens with two attached hydrogens (primary N) is 1. The Morgan fingerprint density at radius 2 is 2.05 bits per heavy atom. The zero-order valence-corrected chi connectivity index (χ0v) is 11.6. The van der Waals surface area contributed by atoms with E-state index in [0.29, 0.717) is 5.56 Å². The summed E-state index contributed by atoms with van der Waals surface area (Å²) >= 11 is 0. The molecule has 0 saturated heterocycles. The Hall–Kier alpha value is -1.99. The minimum absolute atomic E-state index is 0.0533. The number of hydrogen-bond acceptors (Lipinski definition) is 4. The molecule has 20 heavy (non-hydrogen) atoms. The van der Waals surface area contributed by atoms with Gasteiger partial charge < -0.3 is 5.73 Å². The third-order valence-electron chi connectivity index (χ3n) is 2.66. The van der Waals surface area contributed by atoms with Crippen LogP contribution >= 0.6 is 0 Å². The van der Waals surface area contributed by atoms with Crippen LogP contribution in [-0.4, -0.2) is 13.4 Å². The van der Waals surface area contributed by atoms with E-state index in [0.717, 1.165) is 12.3 Å². The van der Waals surface area contributed by atoms with Crippen LogP contribution in [0.1, 0.15) is 18.5 Å². The molecule has 3 N–H and O–H groups in total. The molecule has 0 spiro atoms.